The van der Waals surface area contributed by atoms with Gasteiger partial charge in [0.25, 0.3) is 0 Å². The highest BCUT2D eigenvalue weighted by Gasteiger charge is 2.30. The average molecular weight is 288 g/mol. The Morgan fingerprint density at radius 2 is 2.19 bits per heavy atom. The first-order valence-electron chi connectivity index (χ1n) is 7.76. The molecule has 0 bridgehead atoms. The van der Waals surface area contributed by atoms with Crippen LogP contribution < -0.4 is 10.6 Å². The highest BCUT2D eigenvalue weighted by atomic mass is 16.4. The minimum Gasteiger partial charge on any atom is -0.409 e. The molecule has 1 saturated heterocycles. The van der Waals surface area contributed by atoms with Gasteiger partial charge in [-0.25, -0.2) is 4.98 Å². The second-order valence-electron chi connectivity index (χ2n) is 6.99. The van der Waals surface area contributed by atoms with Crippen molar-refractivity contribution in [2.45, 2.75) is 46.0 Å². The highest BCUT2D eigenvalue weighted by molar-refractivity contribution is 6.01. The van der Waals surface area contributed by atoms with Gasteiger partial charge in [-0.05, 0) is 49.1 Å². The van der Waals surface area contributed by atoms with Crippen molar-refractivity contribution in [1.82, 2.24) is 4.98 Å². The maximum atomic E-state index is 9.08. The zero-order valence-corrected chi connectivity index (χ0v) is 12.9. The van der Waals surface area contributed by atoms with Crippen molar-refractivity contribution >= 4 is 11.7 Å². The number of anilines is 1. The number of aryl methyl sites for hydroxylation is 2. The molecule has 0 radical (unpaired) electrons. The molecule has 3 rings (SSSR count). The number of amidine groups is 1. The van der Waals surface area contributed by atoms with Crippen molar-refractivity contribution in [2.75, 3.05) is 18.0 Å². The van der Waals surface area contributed by atoms with Crippen LogP contribution in [-0.2, 0) is 12.8 Å². The van der Waals surface area contributed by atoms with Gasteiger partial charge in [-0.1, -0.05) is 19.0 Å². The van der Waals surface area contributed by atoms with Crippen molar-refractivity contribution < 1.29 is 5.21 Å². The van der Waals surface area contributed by atoms with Crippen LogP contribution in [0.2, 0.25) is 0 Å². The van der Waals surface area contributed by atoms with Crippen molar-refractivity contribution in [2.24, 2.45) is 16.3 Å². The Morgan fingerprint density at radius 1 is 1.38 bits per heavy atom. The van der Waals surface area contributed by atoms with Gasteiger partial charge in [0.05, 0.1) is 5.56 Å². The van der Waals surface area contributed by atoms with Crippen molar-refractivity contribution in [3.8, 4) is 0 Å². The molecule has 0 spiro atoms. The first-order chi connectivity index (χ1) is 10.00. The van der Waals surface area contributed by atoms with Crippen molar-refractivity contribution in [3.05, 3.63) is 22.9 Å². The number of pyridine rings is 1. The lowest BCUT2D eigenvalue weighted by molar-refractivity contribution is 0.292. The zero-order valence-electron chi connectivity index (χ0n) is 12.9. The number of hydrogen-bond donors (Lipinski definition) is 2. The molecular weight excluding hydrogens is 264 g/mol. The lowest BCUT2D eigenvalue weighted by Crippen LogP contribution is -2.41. The third-order valence-corrected chi connectivity index (χ3v) is 4.61. The van der Waals surface area contributed by atoms with E-state index in [1.807, 2.05) is 0 Å². The molecule has 114 valence electrons. The predicted molar refractivity (Wildman–Crippen MR) is 84.0 cm³/mol. The van der Waals surface area contributed by atoms with Gasteiger partial charge >= 0.3 is 0 Å². The van der Waals surface area contributed by atoms with Gasteiger partial charge in [-0.3, -0.25) is 0 Å². The summed E-state index contributed by atoms with van der Waals surface area (Å²) in [5, 5.41) is 12.3. The van der Waals surface area contributed by atoms with Gasteiger partial charge in [-0.15, -0.1) is 0 Å². The van der Waals surface area contributed by atoms with Crippen LogP contribution in [0.25, 0.3) is 0 Å². The number of rotatable bonds is 2. The van der Waals surface area contributed by atoms with E-state index in [1.54, 1.807) is 0 Å². The first-order valence-corrected chi connectivity index (χ1v) is 7.76. The highest BCUT2D eigenvalue weighted by Crippen LogP contribution is 2.34. The standard InChI is InChI=1S/C16H24N4O/c1-16(2)7-4-8-20(10-16)15-12(14(17)19-21)9-11-5-3-6-13(11)18-15/h9,21H,3-8,10H2,1-2H3,(H2,17,19). The SMILES string of the molecule is CC1(C)CCCN(c2nc3c(cc2C(N)=NO)CCC3)C1. The smallest absolute Gasteiger partial charge is 0.173 e. The van der Waals surface area contributed by atoms with Crippen LogP contribution >= 0.6 is 0 Å². The van der Waals surface area contributed by atoms with Gasteiger partial charge < -0.3 is 15.8 Å². The molecule has 5 heteroatoms. The summed E-state index contributed by atoms with van der Waals surface area (Å²) in [6.07, 6.45) is 5.61. The normalized spacial score (nSPS) is 21.4. The average Bonchev–Trinajstić information content (AvgIpc) is 2.91. The molecular formula is C16H24N4O. The maximum Gasteiger partial charge on any atom is 0.173 e. The molecule has 0 aromatic carbocycles. The third-order valence-electron chi connectivity index (χ3n) is 4.61. The van der Waals surface area contributed by atoms with E-state index >= 15 is 0 Å². The van der Waals surface area contributed by atoms with E-state index in [2.05, 4.69) is 30.0 Å². The molecule has 2 aliphatic rings. The van der Waals surface area contributed by atoms with Crippen molar-refractivity contribution in [3.63, 3.8) is 0 Å². The van der Waals surface area contributed by atoms with E-state index in [-0.39, 0.29) is 11.3 Å². The van der Waals surface area contributed by atoms with Gasteiger partial charge in [0, 0.05) is 18.8 Å². The summed E-state index contributed by atoms with van der Waals surface area (Å²) in [5.74, 6) is 1.05. The van der Waals surface area contributed by atoms with Gasteiger partial charge in [0.15, 0.2) is 5.84 Å². The quantitative estimate of drug-likeness (QED) is 0.379. The predicted octanol–water partition coefficient (Wildman–Crippen LogP) is 2.29. The molecule has 3 N–H and O–H groups in total. The van der Waals surface area contributed by atoms with Crippen LogP contribution in [0.4, 0.5) is 5.82 Å². The lowest BCUT2D eigenvalue weighted by Gasteiger charge is -2.39. The number of piperidine rings is 1. The van der Waals surface area contributed by atoms with E-state index in [0.717, 1.165) is 50.2 Å². The Hall–Kier alpha value is -1.78. The van der Waals surface area contributed by atoms with Crippen LogP contribution in [0.15, 0.2) is 11.2 Å². The van der Waals surface area contributed by atoms with Crippen LogP contribution in [0.1, 0.15) is 49.9 Å². The van der Waals surface area contributed by atoms with E-state index in [4.69, 9.17) is 15.9 Å². The Bertz CT molecular complexity index is 580. The molecule has 1 aromatic heterocycles. The fourth-order valence-corrected chi connectivity index (χ4v) is 3.55. The third kappa shape index (κ3) is 2.69. The first kappa shape index (κ1) is 14.2. The molecule has 2 heterocycles. The number of oxime groups is 1. The fourth-order valence-electron chi connectivity index (χ4n) is 3.55. The van der Waals surface area contributed by atoms with E-state index in [9.17, 15) is 0 Å². The largest absolute Gasteiger partial charge is 0.409 e. The molecule has 5 nitrogen and oxygen atoms in total. The van der Waals surface area contributed by atoms with Crippen LogP contribution in [0.3, 0.4) is 0 Å². The minimum absolute atomic E-state index is 0.163. The monoisotopic (exact) mass is 288 g/mol. The van der Waals surface area contributed by atoms with Crippen LogP contribution in [-0.4, -0.2) is 29.1 Å². The molecule has 1 aromatic rings. The van der Waals surface area contributed by atoms with Gasteiger partial charge in [0.2, 0.25) is 0 Å². The van der Waals surface area contributed by atoms with Crippen molar-refractivity contribution in [1.29, 1.82) is 0 Å². The van der Waals surface area contributed by atoms with Gasteiger partial charge in [0.1, 0.15) is 5.82 Å². The van der Waals surface area contributed by atoms with Crippen LogP contribution in [0, 0.1) is 5.41 Å². The van der Waals surface area contributed by atoms with Crippen LogP contribution in [0.5, 0.6) is 0 Å². The summed E-state index contributed by atoms with van der Waals surface area (Å²) < 4.78 is 0. The number of fused-ring (bicyclic) bond motifs is 1. The summed E-state index contributed by atoms with van der Waals surface area (Å²) in [5.41, 5.74) is 9.38. The molecule has 0 amide bonds. The molecule has 1 aliphatic carbocycles. The molecule has 0 atom stereocenters. The summed E-state index contributed by atoms with van der Waals surface area (Å²) in [7, 11) is 0. The summed E-state index contributed by atoms with van der Waals surface area (Å²) >= 11 is 0. The Kier molecular flexibility index (Phi) is 3.51. The molecule has 21 heavy (non-hydrogen) atoms. The lowest BCUT2D eigenvalue weighted by atomic mass is 9.84. The van der Waals surface area contributed by atoms with Gasteiger partial charge in [-0.2, -0.15) is 0 Å². The minimum atomic E-state index is 0.163. The molecule has 1 fully saturated rings. The second kappa shape index (κ2) is 5.20. The molecule has 1 aliphatic heterocycles. The Labute approximate surface area is 125 Å². The zero-order chi connectivity index (χ0) is 15.0. The van der Waals surface area contributed by atoms with E-state index in [0.29, 0.717) is 0 Å². The number of nitrogens with two attached hydrogens (primary N) is 1. The fraction of sp³-hybridized carbons (Fsp3) is 0.625. The number of nitrogens with zero attached hydrogens (tertiary/aromatic N) is 3. The topological polar surface area (TPSA) is 74.7 Å². The summed E-state index contributed by atoms with van der Waals surface area (Å²) in [6, 6.07) is 2.07. The second-order valence-corrected chi connectivity index (χ2v) is 6.99. The molecule has 0 unspecified atom stereocenters. The Balaban J connectivity index is 2.04. The van der Waals surface area contributed by atoms with E-state index < -0.39 is 0 Å². The number of aromatic nitrogens is 1. The number of hydrogen-bond acceptors (Lipinski definition) is 4. The maximum absolute atomic E-state index is 9.08. The summed E-state index contributed by atoms with van der Waals surface area (Å²) in [4.78, 5) is 7.17. The summed E-state index contributed by atoms with van der Waals surface area (Å²) in [6.45, 7) is 6.52. The van der Waals surface area contributed by atoms with E-state index in [1.165, 1.54) is 17.7 Å². The Morgan fingerprint density at radius 3 is 2.90 bits per heavy atom. The molecule has 0 saturated carbocycles.